The van der Waals surface area contributed by atoms with E-state index in [1.54, 1.807) is 28.8 Å². The van der Waals surface area contributed by atoms with Gasteiger partial charge in [0.1, 0.15) is 0 Å². The number of hydrogen-bond donors (Lipinski definition) is 1. The molecule has 3 aromatic rings. The van der Waals surface area contributed by atoms with Crippen LogP contribution in [-0.2, 0) is 0 Å². The van der Waals surface area contributed by atoms with Gasteiger partial charge in [-0.1, -0.05) is 36.4 Å². The van der Waals surface area contributed by atoms with Crippen molar-refractivity contribution in [3.8, 4) is 5.88 Å². The summed E-state index contributed by atoms with van der Waals surface area (Å²) in [5, 5.41) is 19.0. The fourth-order valence-corrected chi connectivity index (χ4v) is 2.59. The highest BCUT2D eigenvalue weighted by molar-refractivity contribution is 5.97. The summed E-state index contributed by atoms with van der Waals surface area (Å²) in [6.45, 7) is 3.95. The molecule has 5 heteroatoms. The summed E-state index contributed by atoms with van der Waals surface area (Å²) in [5.41, 5.74) is 1.64. The Bertz CT molecular complexity index is 880. The van der Waals surface area contributed by atoms with Gasteiger partial charge in [0, 0.05) is 17.0 Å². The number of amides is 1. The summed E-state index contributed by atoms with van der Waals surface area (Å²) >= 11 is 0. The standard InChI is InChI=1S/C18H17N3O2/c1-12(2)21-15-11-7-6-10-14(15)16(18(21)23)19-20-17(22)13-8-4-3-5-9-13/h3-12,23H,1-2H3. The molecule has 1 aromatic heterocycles. The van der Waals surface area contributed by atoms with E-state index in [4.69, 9.17) is 0 Å². The highest BCUT2D eigenvalue weighted by Gasteiger charge is 2.18. The lowest BCUT2D eigenvalue weighted by molar-refractivity contribution is 0.0995. The Kier molecular flexibility index (Phi) is 3.93. The van der Waals surface area contributed by atoms with Crippen molar-refractivity contribution in [3.63, 3.8) is 0 Å². The maximum absolute atomic E-state index is 12.1. The molecule has 2 aromatic carbocycles. The van der Waals surface area contributed by atoms with Gasteiger partial charge >= 0.3 is 0 Å². The molecule has 3 rings (SSSR count). The van der Waals surface area contributed by atoms with E-state index in [0.717, 1.165) is 10.9 Å². The number of azo groups is 1. The lowest BCUT2D eigenvalue weighted by atomic mass is 10.2. The maximum Gasteiger partial charge on any atom is 0.295 e. The fraction of sp³-hybridized carbons (Fsp3) is 0.167. The largest absolute Gasteiger partial charge is 0.493 e. The van der Waals surface area contributed by atoms with Crippen LogP contribution in [0.3, 0.4) is 0 Å². The predicted octanol–water partition coefficient (Wildman–Crippen LogP) is 4.85. The Morgan fingerprint density at radius 2 is 1.70 bits per heavy atom. The van der Waals surface area contributed by atoms with Crippen molar-refractivity contribution in [2.45, 2.75) is 19.9 Å². The van der Waals surface area contributed by atoms with E-state index < -0.39 is 5.91 Å². The molecular formula is C18H17N3O2. The fourth-order valence-electron chi connectivity index (χ4n) is 2.59. The number of para-hydroxylation sites is 1. The third kappa shape index (κ3) is 2.73. The summed E-state index contributed by atoms with van der Waals surface area (Å²) in [7, 11) is 0. The van der Waals surface area contributed by atoms with Crippen molar-refractivity contribution in [2.24, 2.45) is 10.2 Å². The second-order valence-corrected chi connectivity index (χ2v) is 5.52. The van der Waals surface area contributed by atoms with Crippen LogP contribution in [0, 0.1) is 0 Å². The molecule has 0 spiro atoms. The molecule has 0 atom stereocenters. The minimum atomic E-state index is -0.439. The van der Waals surface area contributed by atoms with Crippen LogP contribution in [-0.4, -0.2) is 15.6 Å². The molecule has 1 heterocycles. The van der Waals surface area contributed by atoms with Gasteiger partial charge in [-0.3, -0.25) is 4.79 Å². The summed E-state index contributed by atoms with van der Waals surface area (Å²) in [6.07, 6.45) is 0. The van der Waals surface area contributed by atoms with Gasteiger partial charge in [-0.15, -0.1) is 10.2 Å². The van der Waals surface area contributed by atoms with Gasteiger partial charge in [-0.25, -0.2) is 0 Å². The number of nitrogens with zero attached hydrogens (tertiary/aromatic N) is 3. The molecule has 23 heavy (non-hydrogen) atoms. The number of aromatic nitrogens is 1. The molecule has 0 radical (unpaired) electrons. The zero-order valence-electron chi connectivity index (χ0n) is 13.0. The lowest BCUT2D eigenvalue weighted by Crippen LogP contribution is -1.98. The van der Waals surface area contributed by atoms with E-state index in [0.29, 0.717) is 11.3 Å². The molecule has 0 aliphatic carbocycles. The number of fused-ring (bicyclic) bond motifs is 1. The van der Waals surface area contributed by atoms with Gasteiger partial charge in [-0.2, -0.15) is 0 Å². The first-order chi connectivity index (χ1) is 11.1. The molecule has 0 fully saturated rings. The van der Waals surface area contributed by atoms with E-state index in [1.807, 2.05) is 44.2 Å². The quantitative estimate of drug-likeness (QED) is 0.703. The van der Waals surface area contributed by atoms with Crippen molar-refractivity contribution < 1.29 is 9.90 Å². The van der Waals surface area contributed by atoms with Gasteiger partial charge in [0.2, 0.25) is 5.88 Å². The Morgan fingerprint density at radius 3 is 2.39 bits per heavy atom. The van der Waals surface area contributed by atoms with Gasteiger partial charge in [-0.05, 0) is 32.0 Å². The average Bonchev–Trinajstić information content (AvgIpc) is 2.85. The second-order valence-electron chi connectivity index (χ2n) is 5.52. The summed E-state index contributed by atoms with van der Waals surface area (Å²) < 4.78 is 1.77. The first-order valence-corrected chi connectivity index (χ1v) is 7.42. The minimum absolute atomic E-state index is 0.0193. The smallest absolute Gasteiger partial charge is 0.295 e. The van der Waals surface area contributed by atoms with Gasteiger partial charge in [0.05, 0.1) is 5.52 Å². The predicted molar refractivity (Wildman–Crippen MR) is 89.3 cm³/mol. The third-order valence-electron chi connectivity index (χ3n) is 3.64. The zero-order chi connectivity index (χ0) is 16.4. The van der Waals surface area contributed by atoms with Crippen LogP contribution in [0.2, 0.25) is 0 Å². The first-order valence-electron chi connectivity index (χ1n) is 7.42. The molecule has 116 valence electrons. The van der Waals surface area contributed by atoms with Crippen LogP contribution >= 0.6 is 0 Å². The summed E-state index contributed by atoms with van der Waals surface area (Å²) in [5.74, 6) is -0.419. The molecule has 0 saturated heterocycles. The van der Waals surface area contributed by atoms with E-state index in [2.05, 4.69) is 10.2 Å². The van der Waals surface area contributed by atoms with E-state index in [9.17, 15) is 9.90 Å². The zero-order valence-corrected chi connectivity index (χ0v) is 13.0. The number of benzene rings is 2. The molecule has 0 aliphatic heterocycles. The Labute approximate surface area is 133 Å². The van der Waals surface area contributed by atoms with Gasteiger partial charge in [0.15, 0.2) is 5.69 Å². The van der Waals surface area contributed by atoms with Crippen LogP contribution in [0.1, 0.15) is 30.2 Å². The van der Waals surface area contributed by atoms with Crippen LogP contribution < -0.4 is 0 Å². The summed E-state index contributed by atoms with van der Waals surface area (Å²) in [6, 6.07) is 16.3. The van der Waals surface area contributed by atoms with Gasteiger partial charge in [0.25, 0.3) is 5.91 Å². The maximum atomic E-state index is 12.1. The second kappa shape index (κ2) is 6.04. The molecule has 1 amide bonds. The number of aromatic hydroxyl groups is 1. The normalized spacial score (nSPS) is 11.6. The number of carbonyl (C=O) groups is 1. The molecule has 0 unspecified atom stereocenters. The highest BCUT2D eigenvalue weighted by atomic mass is 16.3. The minimum Gasteiger partial charge on any atom is -0.493 e. The van der Waals surface area contributed by atoms with E-state index >= 15 is 0 Å². The number of hydrogen-bond acceptors (Lipinski definition) is 3. The van der Waals surface area contributed by atoms with Crippen molar-refractivity contribution >= 4 is 22.5 Å². The molecular weight excluding hydrogens is 290 g/mol. The van der Waals surface area contributed by atoms with Crippen molar-refractivity contribution in [2.75, 3.05) is 0 Å². The van der Waals surface area contributed by atoms with Crippen molar-refractivity contribution in [1.82, 2.24) is 4.57 Å². The Balaban J connectivity index is 2.05. The SMILES string of the molecule is CC(C)n1c(O)c(N=NC(=O)c2ccccc2)c2ccccc21. The van der Waals surface area contributed by atoms with Crippen LogP contribution in [0.5, 0.6) is 5.88 Å². The molecule has 1 N–H and O–H groups in total. The van der Waals surface area contributed by atoms with Crippen molar-refractivity contribution in [3.05, 3.63) is 60.2 Å². The third-order valence-corrected chi connectivity index (χ3v) is 3.64. The van der Waals surface area contributed by atoms with Crippen LogP contribution in [0.25, 0.3) is 10.9 Å². The monoisotopic (exact) mass is 307 g/mol. The van der Waals surface area contributed by atoms with E-state index in [-0.39, 0.29) is 11.9 Å². The number of carbonyl (C=O) groups excluding carboxylic acids is 1. The van der Waals surface area contributed by atoms with E-state index in [1.165, 1.54) is 0 Å². The van der Waals surface area contributed by atoms with Crippen LogP contribution in [0.4, 0.5) is 5.69 Å². The van der Waals surface area contributed by atoms with Gasteiger partial charge < -0.3 is 9.67 Å². The lowest BCUT2D eigenvalue weighted by Gasteiger charge is -2.10. The first kappa shape index (κ1) is 15.0. The molecule has 0 aliphatic rings. The number of rotatable bonds is 3. The van der Waals surface area contributed by atoms with Crippen LogP contribution in [0.15, 0.2) is 64.8 Å². The van der Waals surface area contributed by atoms with Crippen molar-refractivity contribution in [1.29, 1.82) is 0 Å². The topological polar surface area (TPSA) is 66.9 Å². The summed E-state index contributed by atoms with van der Waals surface area (Å²) in [4.78, 5) is 12.1. The Hall–Kier alpha value is -2.95. The Morgan fingerprint density at radius 1 is 1.04 bits per heavy atom. The molecule has 0 saturated carbocycles. The average molecular weight is 307 g/mol. The highest BCUT2D eigenvalue weighted by Crippen LogP contribution is 2.40. The molecule has 5 nitrogen and oxygen atoms in total. The molecule has 0 bridgehead atoms.